The Balaban J connectivity index is 1.98. The van der Waals surface area contributed by atoms with Gasteiger partial charge in [0.25, 0.3) is 0 Å². The highest BCUT2D eigenvalue weighted by atomic mass is 79.9. The van der Waals surface area contributed by atoms with Crippen LogP contribution in [0.25, 0.3) is 0 Å². The monoisotopic (exact) mass is 420 g/mol. The minimum Gasteiger partial charge on any atom is -0.482 e. The highest BCUT2D eigenvalue weighted by Crippen LogP contribution is 2.28. The second-order valence-electron chi connectivity index (χ2n) is 6.47. The molecule has 1 N–H and O–H groups in total. The number of benzene rings is 2. The van der Waals surface area contributed by atoms with E-state index in [4.69, 9.17) is 9.47 Å². The molecular formula is C20H21BrO5. The van der Waals surface area contributed by atoms with E-state index in [1.807, 2.05) is 24.3 Å². The average molecular weight is 421 g/mol. The van der Waals surface area contributed by atoms with Gasteiger partial charge in [-0.2, -0.15) is 0 Å². The van der Waals surface area contributed by atoms with E-state index in [0.29, 0.717) is 10.2 Å². The molecule has 0 saturated heterocycles. The van der Waals surface area contributed by atoms with Crippen molar-refractivity contribution >= 4 is 27.9 Å². The van der Waals surface area contributed by atoms with Gasteiger partial charge in [0.2, 0.25) is 0 Å². The Labute approximate surface area is 161 Å². The topological polar surface area (TPSA) is 72.8 Å². The van der Waals surface area contributed by atoms with Crippen molar-refractivity contribution in [2.45, 2.75) is 32.6 Å². The second-order valence-corrected chi connectivity index (χ2v) is 7.39. The molecule has 0 aliphatic heterocycles. The number of rotatable bonds is 7. The van der Waals surface area contributed by atoms with Crippen LogP contribution in [0.5, 0.6) is 11.5 Å². The molecule has 0 atom stereocenters. The number of hydrogen-bond acceptors (Lipinski definition) is 4. The molecule has 0 saturated carbocycles. The van der Waals surface area contributed by atoms with Crippen molar-refractivity contribution in [3.63, 3.8) is 0 Å². The molecule has 6 heteroatoms. The fourth-order valence-corrected chi connectivity index (χ4v) is 2.62. The number of ether oxygens (including phenoxy) is 2. The van der Waals surface area contributed by atoms with Gasteiger partial charge in [0, 0.05) is 4.47 Å². The first-order valence-corrected chi connectivity index (χ1v) is 8.99. The highest BCUT2D eigenvalue weighted by molar-refractivity contribution is 9.10. The Morgan fingerprint density at radius 2 is 1.77 bits per heavy atom. The van der Waals surface area contributed by atoms with Crippen LogP contribution in [0.3, 0.4) is 0 Å². The molecule has 0 aliphatic carbocycles. The quantitative estimate of drug-likeness (QED) is 0.513. The molecule has 2 rings (SSSR count). The number of carbonyl (C=O) groups excluding carboxylic acids is 1. The molecule has 5 nitrogen and oxygen atoms in total. The molecule has 0 spiro atoms. The lowest BCUT2D eigenvalue weighted by Crippen LogP contribution is -2.19. The Bertz CT molecular complexity index is 796. The smallest absolute Gasteiger partial charge is 0.349 e. The lowest BCUT2D eigenvalue weighted by Gasteiger charge is -2.23. The van der Waals surface area contributed by atoms with Crippen LogP contribution in [-0.2, 0) is 10.2 Å². The summed E-state index contributed by atoms with van der Waals surface area (Å²) in [7, 11) is 0. The molecule has 0 bridgehead atoms. The number of halogens is 1. The van der Waals surface area contributed by atoms with Gasteiger partial charge in [-0.25, -0.2) is 9.59 Å². The Morgan fingerprint density at radius 3 is 2.35 bits per heavy atom. The molecule has 0 aromatic heterocycles. The summed E-state index contributed by atoms with van der Waals surface area (Å²) in [6, 6.07) is 12.0. The fraction of sp³-hybridized carbons (Fsp3) is 0.300. The van der Waals surface area contributed by atoms with Gasteiger partial charge in [-0.1, -0.05) is 48.8 Å². The zero-order valence-corrected chi connectivity index (χ0v) is 16.5. The van der Waals surface area contributed by atoms with Crippen LogP contribution in [0.4, 0.5) is 0 Å². The lowest BCUT2D eigenvalue weighted by atomic mass is 9.82. The largest absolute Gasteiger partial charge is 0.482 e. The van der Waals surface area contributed by atoms with E-state index in [1.54, 1.807) is 6.07 Å². The first-order valence-electron chi connectivity index (χ1n) is 8.20. The predicted octanol–water partition coefficient (Wildman–Crippen LogP) is 4.82. The van der Waals surface area contributed by atoms with Crippen LogP contribution < -0.4 is 9.47 Å². The number of aromatic carboxylic acids is 1. The Morgan fingerprint density at radius 1 is 1.12 bits per heavy atom. The van der Waals surface area contributed by atoms with Crippen molar-refractivity contribution in [1.82, 2.24) is 0 Å². The third-order valence-corrected chi connectivity index (χ3v) is 4.77. The van der Waals surface area contributed by atoms with Crippen LogP contribution in [0.1, 0.15) is 43.1 Å². The third-order valence-electron chi connectivity index (χ3n) is 4.27. The normalized spacial score (nSPS) is 11.1. The summed E-state index contributed by atoms with van der Waals surface area (Å²) in [5.74, 6) is -1.32. The van der Waals surface area contributed by atoms with Gasteiger partial charge in [0.1, 0.15) is 17.1 Å². The summed E-state index contributed by atoms with van der Waals surface area (Å²) in [4.78, 5) is 23.2. The van der Waals surface area contributed by atoms with E-state index in [-0.39, 0.29) is 23.3 Å². The number of hydrogen-bond donors (Lipinski definition) is 1. The maximum absolute atomic E-state index is 12.0. The van der Waals surface area contributed by atoms with E-state index in [9.17, 15) is 14.7 Å². The zero-order valence-electron chi connectivity index (χ0n) is 14.9. The molecule has 0 fully saturated rings. The van der Waals surface area contributed by atoms with Gasteiger partial charge < -0.3 is 14.6 Å². The first-order chi connectivity index (χ1) is 12.2. The second kappa shape index (κ2) is 8.36. The number of carboxylic acid groups (broad SMARTS) is 1. The summed E-state index contributed by atoms with van der Waals surface area (Å²) < 4.78 is 11.1. The average Bonchev–Trinajstić information content (AvgIpc) is 2.61. The Hall–Kier alpha value is -2.34. The van der Waals surface area contributed by atoms with Gasteiger partial charge in [-0.05, 0) is 47.7 Å². The van der Waals surface area contributed by atoms with E-state index in [2.05, 4.69) is 36.7 Å². The van der Waals surface area contributed by atoms with E-state index >= 15 is 0 Å². The van der Waals surface area contributed by atoms with Crippen LogP contribution in [0, 0.1) is 0 Å². The van der Waals surface area contributed by atoms with Crippen LogP contribution in [-0.4, -0.2) is 23.7 Å². The van der Waals surface area contributed by atoms with Gasteiger partial charge in [-0.15, -0.1) is 0 Å². The van der Waals surface area contributed by atoms with Crippen LogP contribution in [0.15, 0.2) is 46.9 Å². The molecule has 138 valence electrons. The van der Waals surface area contributed by atoms with Crippen molar-refractivity contribution in [2.24, 2.45) is 0 Å². The molecule has 0 radical (unpaired) electrons. The van der Waals surface area contributed by atoms with E-state index < -0.39 is 11.9 Å². The third kappa shape index (κ3) is 5.08. The van der Waals surface area contributed by atoms with Crippen LogP contribution >= 0.6 is 15.9 Å². The molecule has 26 heavy (non-hydrogen) atoms. The molecule has 0 aliphatic rings. The summed E-state index contributed by atoms with van der Waals surface area (Å²) in [6.45, 7) is 6.15. The highest BCUT2D eigenvalue weighted by Gasteiger charge is 2.18. The van der Waals surface area contributed by atoms with Crippen molar-refractivity contribution in [3.8, 4) is 11.5 Å². The minimum atomic E-state index is -1.18. The summed E-state index contributed by atoms with van der Waals surface area (Å²) >= 11 is 3.19. The first kappa shape index (κ1) is 20.0. The summed E-state index contributed by atoms with van der Waals surface area (Å²) in [5, 5.41) is 9.18. The molecule has 0 heterocycles. The maximum atomic E-state index is 12.0. The zero-order chi connectivity index (χ0) is 19.3. The van der Waals surface area contributed by atoms with Crippen molar-refractivity contribution in [2.75, 3.05) is 6.61 Å². The predicted molar refractivity (Wildman–Crippen MR) is 102 cm³/mol. The number of carbonyl (C=O) groups is 2. The SMILES string of the molecule is CCC(C)(C)c1ccc(OCC(=O)Oc2ccc(Br)cc2C(=O)O)cc1. The van der Waals surface area contributed by atoms with Crippen molar-refractivity contribution < 1.29 is 24.2 Å². The van der Waals surface area contributed by atoms with Gasteiger partial charge in [-0.3, -0.25) is 0 Å². The van der Waals surface area contributed by atoms with Crippen LogP contribution in [0.2, 0.25) is 0 Å². The fourth-order valence-electron chi connectivity index (χ4n) is 2.26. The molecule has 2 aromatic carbocycles. The lowest BCUT2D eigenvalue weighted by molar-refractivity contribution is -0.136. The summed E-state index contributed by atoms with van der Waals surface area (Å²) in [6.07, 6.45) is 1.01. The number of esters is 1. The van der Waals surface area contributed by atoms with E-state index in [0.717, 1.165) is 6.42 Å². The number of carboxylic acids is 1. The molecular weight excluding hydrogens is 400 g/mol. The van der Waals surface area contributed by atoms with Crippen molar-refractivity contribution in [1.29, 1.82) is 0 Å². The minimum absolute atomic E-state index is 0.0191. The van der Waals surface area contributed by atoms with Gasteiger partial charge in [0.15, 0.2) is 6.61 Å². The maximum Gasteiger partial charge on any atom is 0.349 e. The summed E-state index contributed by atoms with van der Waals surface area (Å²) in [5.41, 5.74) is 1.17. The standard InChI is InChI=1S/C20H21BrO5/c1-4-20(2,3)13-5-8-15(9-6-13)25-12-18(22)26-17-10-7-14(21)11-16(17)19(23)24/h5-11H,4,12H2,1-3H3,(H,23,24). The van der Waals surface area contributed by atoms with E-state index in [1.165, 1.54) is 17.7 Å². The van der Waals surface area contributed by atoms with Gasteiger partial charge in [0.05, 0.1) is 0 Å². The molecule has 0 unspecified atom stereocenters. The van der Waals surface area contributed by atoms with Gasteiger partial charge >= 0.3 is 11.9 Å². The van der Waals surface area contributed by atoms with Crippen molar-refractivity contribution in [3.05, 3.63) is 58.1 Å². The molecule has 2 aromatic rings. The Kier molecular flexibility index (Phi) is 6.42. The molecule has 0 amide bonds.